The van der Waals surface area contributed by atoms with E-state index in [0.717, 1.165) is 6.08 Å². The fourth-order valence-electron chi connectivity index (χ4n) is 3.58. The van der Waals surface area contributed by atoms with Crippen molar-refractivity contribution in [2.24, 2.45) is 0 Å². The molecule has 0 aliphatic rings. The number of aryl methyl sites for hydroxylation is 1. The molecule has 3 aromatic carbocycles. The number of hydrogen-bond donors (Lipinski definition) is 2. The van der Waals surface area contributed by atoms with Crippen LogP contribution in [-0.2, 0) is 11.2 Å². The van der Waals surface area contributed by atoms with Crippen LogP contribution in [0.4, 0.5) is 13.2 Å². The first-order valence-electron chi connectivity index (χ1n) is 10.2. The summed E-state index contributed by atoms with van der Waals surface area (Å²) < 4.78 is 46.8. The summed E-state index contributed by atoms with van der Waals surface area (Å²) >= 11 is 1.24. The van der Waals surface area contributed by atoms with Crippen LogP contribution in [0.3, 0.4) is 0 Å². The molecule has 4 aromatic rings. The van der Waals surface area contributed by atoms with E-state index in [1.807, 2.05) is 0 Å². The maximum absolute atomic E-state index is 13.3. The summed E-state index contributed by atoms with van der Waals surface area (Å²) in [6, 6.07) is 16.3. The molecule has 4 rings (SSSR count). The lowest BCUT2D eigenvalue weighted by molar-refractivity contribution is -0.131. The van der Waals surface area contributed by atoms with Crippen LogP contribution in [0.2, 0.25) is 0 Å². The van der Waals surface area contributed by atoms with Crippen LogP contribution in [0.1, 0.15) is 16.7 Å². The van der Waals surface area contributed by atoms with Crippen molar-refractivity contribution in [3.8, 4) is 27.7 Å². The van der Waals surface area contributed by atoms with Crippen molar-refractivity contribution in [2.75, 3.05) is 0 Å². The molecular formula is C26H19F3O4S. The minimum Gasteiger partial charge on any atom is -0.508 e. The predicted molar refractivity (Wildman–Crippen MR) is 127 cm³/mol. The molecule has 0 saturated carbocycles. The number of rotatable bonds is 6. The summed E-state index contributed by atoms with van der Waals surface area (Å²) in [5, 5.41) is 19.4. The third-order valence-corrected chi connectivity index (χ3v) is 6.21. The van der Waals surface area contributed by atoms with Crippen LogP contribution in [0, 0.1) is 6.92 Å². The SMILES string of the molecule is Cc1ccc(-c2sc3cc(O)ccc3c2Oc2ccc(/C=C/C(=O)O)cc2)c(CC(F)(F)F)c1. The number of hydrogen-bond acceptors (Lipinski definition) is 4. The van der Waals surface area contributed by atoms with Crippen molar-refractivity contribution in [1.29, 1.82) is 0 Å². The summed E-state index contributed by atoms with van der Waals surface area (Å²) in [7, 11) is 0. The molecule has 0 saturated heterocycles. The monoisotopic (exact) mass is 484 g/mol. The Morgan fingerprint density at radius 1 is 1.06 bits per heavy atom. The van der Waals surface area contributed by atoms with Crippen molar-refractivity contribution < 1.29 is 32.9 Å². The maximum atomic E-state index is 13.3. The molecule has 2 N–H and O–H groups in total. The van der Waals surface area contributed by atoms with E-state index >= 15 is 0 Å². The molecule has 0 bridgehead atoms. The zero-order chi connectivity index (χ0) is 24.5. The minimum atomic E-state index is -4.38. The molecule has 1 heterocycles. The fourth-order valence-corrected chi connectivity index (χ4v) is 4.80. The molecule has 0 amide bonds. The zero-order valence-corrected chi connectivity index (χ0v) is 18.7. The number of carboxylic acid groups (broad SMARTS) is 1. The highest BCUT2D eigenvalue weighted by atomic mass is 32.1. The van der Waals surface area contributed by atoms with Gasteiger partial charge in [-0.2, -0.15) is 13.2 Å². The van der Waals surface area contributed by atoms with E-state index < -0.39 is 18.6 Å². The lowest BCUT2D eigenvalue weighted by Gasteiger charge is -2.14. The highest BCUT2D eigenvalue weighted by Gasteiger charge is 2.30. The fraction of sp³-hybridized carbons (Fsp3) is 0.115. The molecule has 0 aliphatic carbocycles. The maximum Gasteiger partial charge on any atom is 0.393 e. The Labute approximate surface area is 197 Å². The number of carboxylic acids is 1. The summed E-state index contributed by atoms with van der Waals surface area (Å²) in [5.74, 6) is -0.196. The second kappa shape index (κ2) is 9.23. The van der Waals surface area contributed by atoms with Crippen molar-refractivity contribution in [1.82, 2.24) is 0 Å². The second-order valence-electron chi connectivity index (χ2n) is 7.74. The Morgan fingerprint density at radius 2 is 1.79 bits per heavy atom. The number of alkyl halides is 3. The topological polar surface area (TPSA) is 66.8 Å². The normalized spacial score (nSPS) is 11.9. The Hall–Kier alpha value is -3.78. The standard InChI is InChI=1S/C26H19F3O4S/c1-15-2-9-20(17(12-15)14-26(27,28)29)25-24(21-10-6-18(30)13-22(21)34-25)33-19-7-3-16(4-8-19)5-11-23(31)32/h2-13,30H,14H2,1H3,(H,31,32)/b11-5+. The largest absolute Gasteiger partial charge is 0.508 e. The Morgan fingerprint density at radius 3 is 2.47 bits per heavy atom. The van der Waals surface area contributed by atoms with Crippen molar-refractivity contribution >= 4 is 33.5 Å². The van der Waals surface area contributed by atoms with E-state index in [0.29, 0.717) is 43.2 Å². The smallest absolute Gasteiger partial charge is 0.393 e. The molecule has 1 aromatic heterocycles. The van der Waals surface area contributed by atoms with Gasteiger partial charge in [0.1, 0.15) is 11.5 Å². The first kappa shape index (κ1) is 23.4. The summed E-state index contributed by atoms with van der Waals surface area (Å²) in [6.07, 6.45) is -2.99. The highest BCUT2D eigenvalue weighted by molar-refractivity contribution is 7.22. The highest BCUT2D eigenvalue weighted by Crippen LogP contribution is 2.48. The van der Waals surface area contributed by atoms with Crippen LogP contribution in [0.5, 0.6) is 17.2 Å². The molecule has 8 heteroatoms. The molecule has 0 spiro atoms. The average molecular weight is 484 g/mol. The average Bonchev–Trinajstić information content (AvgIpc) is 3.09. The van der Waals surface area contributed by atoms with Gasteiger partial charge in [-0.25, -0.2) is 4.79 Å². The summed E-state index contributed by atoms with van der Waals surface area (Å²) in [4.78, 5) is 11.2. The van der Waals surface area contributed by atoms with Gasteiger partial charge in [0.25, 0.3) is 0 Å². The minimum absolute atomic E-state index is 0.0424. The molecule has 0 unspecified atom stereocenters. The number of aliphatic carboxylic acids is 1. The van der Waals surface area contributed by atoms with E-state index in [1.165, 1.54) is 29.5 Å². The van der Waals surface area contributed by atoms with Gasteiger partial charge >= 0.3 is 12.1 Å². The molecule has 0 atom stereocenters. The van der Waals surface area contributed by atoms with Crippen molar-refractivity contribution in [3.63, 3.8) is 0 Å². The van der Waals surface area contributed by atoms with E-state index in [4.69, 9.17) is 9.84 Å². The van der Waals surface area contributed by atoms with Crippen LogP contribution in [0.25, 0.3) is 26.6 Å². The van der Waals surface area contributed by atoms with Gasteiger partial charge in [0.2, 0.25) is 0 Å². The number of fused-ring (bicyclic) bond motifs is 1. The summed E-state index contributed by atoms with van der Waals surface area (Å²) in [5.41, 5.74) is 1.93. The van der Waals surface area contributed by atoms with Gasteiger partial charge in [0.05, 0.1) is 11.3 Å². The molecule has 174 valence electrons. The number of aromatic hydroxyl groups is 1. The molecule has 4 nitrogen and oxygen atoms in total. The predicted octanol–water partition coefficient (Wildman–Crippen LogP) is 7.58. The van der Waals surface area contributed by atoms with Gasteiger partial charge < -0.3 is 14.9 Å². The number of ether oxygens (including phenoxy) is 1. The van der Waals surface area contributed by atoms with Crippen LogP contribution < -0.4 is 4.74 Å². The Bertz CT molecular complexity index is 1390. The van der Waals surface area contributed by atoms with Gasteiger partial charge in [-0.15, -0.1) is 11.3 Å². The molecule has 0 radical (unpaired) electrons. The molecule has 0 fully saturated rings. The van der Waals surface area contributed by atoms with Crippen molar-refractivity contribution in [2.45, 2.75) is 19.5 Å². The number of carbonyl (C=O) groups is 1. The number of benzene rings is 3. The number of halogens is 3. The Kier molecular flexibility index (Phi) is 6.34. The number of phenolic OH excluding ortho intramolecular Hbond substituents is 1. The zero-order valence-electron chi connectivity index (χ0n) is 17.9. The lowest BCUT2D eigenvalue weighted by atomic mass is 9.99. The van der Waals surface area contributed by atoms with Crippen LogP contribution in [-0.4, -0.2) is 22.4 Å². The number of phenols is 1. The molecular weight excluding hydrogens is 465 g/mol. The first-order chi connectivity index (χ1) is 16.1. The molecule has 0 aliphatic heterocycles. The number of thiophene rings is 1. The van der Waals surface area contributed by atoms with Crippen LogP contribution >= 0.6 is 11.3 Å². The molecule has 34 heavy (non-hydrogen) atoms. The van der Waals surface area contributed by atoms with Crippen LogP contribution in [0.15, 0.2) is 66.7 Å². The third kappa shape index (κ3) is 5.40. The van der Waals surface area contributed by atoms with E-state index in [2.05, 4.69) is 0 Å². The third-order valence-electron chi connectivity index (χ3n) is 5.04. The van der Waals surface area contributed by atoms with Gasteiger partial charge in [-0.1, -0.05) is 35.9 Å². The van der Waals surface area contributed by atoms with E-state index in [1.54, 1.807) is 55.5 Å². The first-order valence-corrected chi connectivity index (χ1v) is 11.0. The lowest BCUT2D eigenvalue weighted by Crippen LogP contribution is -2.12. The van der Waals surface area contributed by atoms with Gasteiger partial charge in [-0.3, -0.25) is 0 Å². The second-order valence-corrected chi connectivity index (χ2v) is 8.79. The van der Waals surface area contributed by atoms with Gasteiger partial charge in [0.15, 0.2) is 5.75 Å². The quantitative estimate of drug-likeness (QED) is 0.277. The van der Waals surface area contributed by atoms with Crippen molar-refractivity contribution in [3.05, 3.63) is 83.4 Å². The van der Waals surface area contributed by atoms with E-state index in [-0.39, 0.29) is 11.3 Å². The summed E-state index contributed by atoms with van der Waals surface area (Å²) in [6.45, 7) is 1.74. The van der Waals surface area contributed by atoms with Gasteiger partial charge in [-0.05, 0) is 60.0 Å². The van der Waals surface area contributed by atoms with E-state index in [9.17, 15) is 23.1 Å². The van der Waals surface area contributed by atoms with Gasteiger partial charge in [0, 0.05) is 16.2 Å². The Balaban J connectivity index is 1.82.